The van der Waals surface area contributed by atoms with Gasteiger partial charge in [-0.15, -0.1) is 0 Å². The summed E-state index contributed by atoms with van der Waals surface area (Å²) in [6.07, 6.45) is 1.53. The molecule has 0 radical (unpaired) electrons. The topological polar surface area (TPSA) is 81.2 Å². The molecule has 0 saturated heterocycles. The van der Waals surface area contributed by atoms with Crippen molar-refractivity contribution in [1.29, 1.82) is 0 Å². The minimum Gasteiger partial charge on any atom is -0.372 e. The van der Waals surface area contributed by atoms with Crippen molar-refractivity contribution in [3.05, 3.63) is 33.3 Å². The predicted octanol–water partition coefficient (Wildman–Crippen LogP) is 3.18. The molecule has 0 bridgehead atoms. The smallest absolute Gasteiger partial charge is 0.293 e. The van der Waals surface area contributed by atoms with Crippen molar-refractivity contribution in [2.45, 2.75) is 32.2 Å². The summed E-state index contributed by atoms with van der Waals surface area (Å²) in [6, 6.07) is 4.62. The Kier molecular flexibility index (Phi) is 4.93. The fraction of sp³-hybridized carbons (Fsp3) is 0.500. The van der Waals surface area contributed by atoms with E-state index in [0.29, 0.717) is 17.3 Å². The van der Waals surface area contributed by atoms with Gasteiger partial charge >= 0.3 is 0 Å². The number of anilines is 1. The second kappa shape index (κ2) is 6.02. The molecule has 0 fully saturated rings. The highest BCUT2D eigenvalue weighted by atomic mass is 35.5. The van der Waals surface area contributed by atoms with Crippen LogP contribution in [0.4, 0.5) is 11.4 Å². The molecule has 18 heavy (non-hydrogen) atoms. The first-order valence-electron chi connectivity index (χ1n) is 5.90. The number of nitro groups is 1. The van der Waals surface area contributed by atoms with Crippen molar-refractivity contribution in [3.8, 4) is 0 Å². The predicted molar refractivity (Wildman–Crippen MR) is 74.1 cm³/mol. The highest BCUT2D eigenvalue weighted by Crippen LogP contribution is 2.35. The van der Waals surface area contributed by atoms with E-state index in [1.54, 1.807) is 12.1 Å². The molecule has 1 aromatic carbocycles. The average molecular weight is 272 g/mol. The first-order chi connectivity index (χ1) is 8.49. The van der Waals surface area contributed by atoms with Crippen LogP contribution in [0.3, 0.4) is 0 Å². The summed E-state index contributed by atoms with van der Waals surface area (Å²) in [5, 5.41) is 14.5. The summed E-state index contributed by atoms with van der Waals surface area (Å²) in [4.78, 5) is 10.6. The van der Waals surface area contributed by atoms with Gasteiger partial charge in [-0.3, -0.25) is 10.1 Å². The molecule has 0 atom stereocenters. The molecule has 3 N–H and O–H groups in total. The molecule has 6 heteroatoms. The molecule has 0 unspecified atom stereocenters. The van der Waals surface area contributed by atoms with E-state index >= 15 is 0 Å². The SMILES string of the molecule is CCC(CC)(CN)Nc1c(Cl)cccc1[N+](=O)[O-]. The molecule has 0 saturated carbocycles. The summed E-state index contributed by atoms with van der Waals surface area (Å²) in [6.45, 7) is 4.38. The van der Waals surface area contributed by atoms with Crippen molar-refractivity contribution in [1.82, 2.24) is 0 Å². The van der Waals surface area contributed by atoms with Gasteiger partial charge in [-0.05, 0) is 18.9 Å². The van der Waals surface area contributed by atoms with Gasteiger partial charge in [0.05, 0.1) is 9.95 Å². The largest absolute Gasteiger partial charge is 0.372 e. The van der Waals surface area contributed by atoms with Crippen LogP contribution >= 0.6 is 11.6 Å². The van der Waals surface area contributed by atoms with E-state index in [1.807, 2.05) is 13.8 Å². The first-order valence-corrected chi connectivity index (χ1v) is 6.28. The zero-order chi connectivity index (χ0) is 13.8. The van der Waals surface area contributed by atoms with Gasteiger partial charge in [0.15, 0.2) is 0 Å². The number of benzene rings is 1. The number of para-hydroxylation sites is 1. The van der Waals surface area contributed by atoms with Gasteiger partial charge in [0, 0.05) is 18.2 Å². The number of hydrogen-bond donors (Lipinski definition) is 2. The van der Waals surface area contributed by atoms with E-state index in [1.165, 1.54) is 6.07 Å². The van der Waals surface area contributed by atoms with Gasteiger partial charge in [0.25, 0.3) is 5.69 Å². The molecule has 5 nitrogen and oxygen atoms in total. The van der Waals surface area contributed by atoms with Crippen LogP contribution in [0.15, 0.2) is 18.2 Å². The molecule has 1 aromatic rings. The van der Waals surface area contributed by atoms with E-state index < -0.39 is 4.92 Å². The summed E-state index contributed by atoms with van der Waals surface area (Å²) in [5.74, 6) is 0. The van der Waals surface area contributed by atoms with Gasteiger partial charge in [-0.2, -0.15) is 0 Å². The molecule has 0 aliphatic carbocycles. The maximum Gasteiger partial charge on any atom is 0.293 e. The standard InChI is InChI=1S/C12H18ClN3O2/c1-3-12(4-2,8-14)15-11-9(13)6-5-7-10(11)16(17)18/h5-7,15H,3-4,8,14H2,1-2H3. The number of nitrogens with zero attached hydrogens (tertiary/aromatic N) is 1. The molecular weight excluding hydrogens is 254 g/mol. The van der Waals surface area contributed by atoms with Crippen LogP contribution in [-0.2, 0) is 0 Å². The maximum atomic E-state index is 11.0. The Bertz CT molecular complexity index is 425. The van der Waals surface area contributed by atoms with E-state index in [9.17, 15) is 10.1 Å². The summed E-state index contributed by atoms with van der Waals surface area (Å²) >= 11 is 6.04. The zero-order valence-electron chi connectivity index (χ0n) is 10.6. The van der Waals surface area contributed by atoms with Gasteiger partial charge in [-0.25, -0.2) is 0 Å². The van der Waals surface area contributed by atoms with Crippen LogP contribution in [0.25, 0.3) is 0 Å². The number of hydrogen-bond acceptors (Lipinski definition) is 4. The minimum atomic E-state index is -0.444. The molecule has 0 amide bonds. The second-order valence-corrected chi connectivity index (χ2v) is 4.61. The first kappa shape index (κ1) is 14.7. The molecule has 0 aliphatic rings. The van der Waals surface area contributed by atoms with Gasteiger partial charge in [0.1, 0.15) is 5.69 Å². The van der Waals surface area contributed by atoms with Gasteiger partial charge < -0.3 is 11.1 Å². The average Bonchev–Trinajstić information content (AvgIpc) is 2.37. The molecule has 100 valence electrons. The summed E-state index contributed by atoms with van der Waals surface area (Å²) in [5.41, 5.74) is 5.73. The van der Waals surface area contributed by atoms with Crippen LogP contribution in [-0.4, -0.2) is 17.0 Å². The van der Waals surface area contributed by atoms with E-state index in [2.05, 4.69) is 5.32 Å². The summed E-state index contributed by atoms with van der Waals surface area (Å²) < 4.78 is 0. The van der Waals surface area contributed by atoms with Gasteiger partial charge in [-0.1, -0.05) is 31.5 Å². The highest BCUT2D eigenvalue weighted by Gasteiger charge is 2.28. The Morgan fingerprint density at radius 3 is 2.50 bits per heavy atom. The lowest BCUT2D eigenvalue weighted by atomic mass is 9.92. The quantitative estimate of drug-likeness (QED) is 0.615. The Hall–Kier alpha value is -1.33. The Morgan fingerprint density at radius 2 is 2.06 bits per heavy atom. The fourth-order valence-corrected chi connectivity index (χ4v) is 2.04. The number of halogens is 1. The molecule has 1 rings (SSSR count). The van der Waals surface area contributed by atoms with Crippen molar-refractivity contribution in [2.24, 2.45) is 5.73 Å². The molecule has 0 heterocycles. The molecular formula is C12H18ClN3O2. The van der Waals surface area contributed by atoms with Crippen molar-refractivity contribution < 1.29 is 4.92 Å². The monoisotopic (exact) mass is 271 g/mol. The Morgan fingerprint density at radius 1 is 1.44 bits per heavy atom. The van der Waals surface area contributed by atoms with Crippen LogP contribution in [0.5, 0.6) is 0 Å². The van der Waals surface area contributed by atoms with E-state index in [-0.39, 0.29) is 11.2 Å². The number of nitrogens with two attached hydrogens (primary N) is 1. The molecule has 0 aliphatic heterocycles. The highest BCUT2D eigenvalue weighted by molar-refractivity contribution is 6.33. The maximum absolute atomic E-state index is 11.0. The van der Waals surface area contributed by atoms with Crippen LogP contribution in [0.1, 0.15) is 26.7 Å². The Balaban J connectivity index is 3.20. The number of nitrogens with one attached hydrogen (secondary N) is 1. The minimum absolute atomic E-state index is 0.0257. The van der Waals surface area contributed by atoms with Crippen molar-refractivity contribution >= 4 is 23.0 Å². The van der Waals surface area contributed by atoms with Crippen LogP contribution < -0.4 is 11.1 Å². The number of rotatable bonds is 6. The molecule has 0 aromatic heterocycles. The van der Waals surface area contributed by atoms with E-state index in [0.717, 1.165) is 12.8 Å². The normalized spacial score (nSPS) is 11.3. The van der Waals surface area contributed by atoms with E-state index in [4.69, 9.17) is 17.3 Å². The van der Waals surface area contributed by atoms with Gasteiger partial charge in [0.2, 0.25) is 0 Å². The Labute approximate surface area is 111 Å². The molecule has 0 spiro atoms. The third kappa shape index (κ3) is 2.91. The lowest BCUT2D eigenvalue weighted by molar-refractivity contribution is -0.384. The fourth-order valence-electron chi connectivity index (χ4n) is 1.82. The summed E-state index contributed by atoms with van der Waals surface area (Å²) in [7, 11) is 0. The lowest BCUT2D eigenvalue weighted by Gasteiger charge is -2.32. The second-order valence-electron chi connectivity index (χ2n) is 4.21. The lowest BCUT2D eigenvalue weighted by Crippen LogP contribution is -2.44. The third-order valence-electron chi connectivity index (χ3n) is 3.32. The zero-order valence-corrected chi connectivity index (χ0v) is 11.3. The van der Waals surface area contributed by atoms with Crippen LogP contribution in [0, 0.1) is 10.1 Å². The number of nitro benzene ring substituents is 1. The van der Waals surface area contributed by atoms with Crippen molar-refractivity contribution in [3.63, 3.8) is 0 Å². The van der Waals surface area contributed by atoms with Crippen molar-refractivity contribution in [2.75, 3.05) is 11.9 Å². The third-order valence-corrected chi connectivity index (χ3v) is 3.64. The van der Waals surface area contributed by atoms with Crippen LogP contribution in [0.2, 0.25) is 5.02 Å².